The summed E-state index contributed by atoms with van der Waals surface area (Å²) >= 11 is 2.00. The number of hydrogen-bond acceptors (Lipinski definition) is 12. The number of nitrogens with one attached hydrogen (secondary N) is 1. The summed E-state index contributed by atoms with van der Waals surface area (Å²) in [4.78, 5) is 60.0. The molecule has 2 heterocycles. The van der Waals surface area contributed by atoms with E-state index in [1.54, 1.807) is 26.8 Å². The second-order valence-electron chi connectivity index (χ2n) is 8.45. The molecule has 14 heteroatoms. The number of carbonyl (C=O) groups is 4. The van der Waals surface area contributed by atoms with Gasteiger partial charge < -0.3 is 18.9 Å². The summed E-state index contributed by atoms with van der Waals surface area (Å²) in [6.45, 7) is 9.06. The number of aromatic nitrogens is 2. The van der Waals surface area contributed by atoms with E-state index in [4.69, 9.17) is 18.9 Å². The van der Waals surface area contributed by atoms with Gasteiger partial charge in [-0.05, 0) is 46.8 Å². The number of carbonyl (C=O) groups excluding carboxylic acids is 4. The van der Waals surface area contributed by atoms with E-state index in [1.165, 1.54) is 36.5 Å². The lowest BCUT2D eigenvalue weighted by Gasteiger charge is -2.21. The minimum Gasteiger partial charge on any atom is -0.491 e. The van der Waals surface area contributed by atoms with Crippen LogP contribution in [0.15, 0.2) is 30.6 Å². The van der Waals surface area contributed by atoms with Crippen LogP contribution in [0.3, 0.4) is 0 Å². The highest BCUT2D eigenvalue weighted by Crippen LogP contribution is 2.28. The Balaban J connectivity index is 1.76. The van der Waals surface area contributed by atoms with Crippen LogP contribution in [0.4, 0.5) is 10.3 Å². The molecule has 1 N–H and O–H groups in total. The van der Waals surface area contributed by atoms with E-state index in [0.29, 0.717) is 10.9 Å². The largest absolute Gasteiger partial charge is 0.491 e. The van der Waals surface area contributed by atoms with E-state index in [2.05, 4.69) is 15.3 Å². The second-order valence-corrected chi connectivity index (χ2v) is 10.5. The normalized spacial score (nSPS) is 11.5. The van der Waals surface area contributed by atoms with Gasteiger partial charge in [-0.2, -0.15) is 0 Å². The average Bonchev–Trinajstić information content (AvgIpc) is 3.58. The van der Waals surface area contributed by atoms with Crippen LogP contribution in [0.2, 0.25) is 0 Å². The number of likely N-dealkylation sites (N-methyl/N-ethyl adjacent to an activating group) is 1. The Morgan fingerprint density at radius 3 is 2.05 bits per heavy atom. The molecule has 1 unspecified atom stereocenters. The van der Waals surface area contributed by atoms with E-state index in [9.17, 15) is 19.2 Å². The van der Waals surface area contributed by atoms with Gasteiger partial charge in [0, 0.05) is 18.7 Å². The van der Waals surface area contributed by atoms with Crippen LogP contribution < -0.4 is 19.7 Å². The van der Waals surface area contributed by atoms with E-state index >= 15 is 0 Å². The molecule has 3 rings (SSSR count). The van der Waals surface area contributed by atoms with Crippen molar-refractivity contribution in [3.8, 4) is 11.5 Å². The Kier molecular flexibility index (Phi) is 10.6. The van der Waals surface area contributed by atoms with Crippen LogP contribution in [-0.2, 0) is 14.3 Å². The van der Waals surface area contributed by atoms with Crippen LogP contribution in [-0.4, -0.2) is 66.2 Å². The number of thiazole rings is 2. The zero-order chi connectivity index (χ0) is 29.4. The maximum atomic E-state index is 13.1. The number of nitrogens with zero attached hydrogens (tertiary/aromatic N) is 3. The summed E-state index contributed by atoms with van der Waals surface area (Å²) < 4.78 is 21.6. The topological polar surface area (TPSA) is 146 Å². The lowest BCUT2D eigenvalue weighted by Crippen LogP contribution is -2.38. The van der Waals surface area contributed by atoms with Gasteiger partial charge in [0.15, 0.2) is 16.4 Å². The zero-order valence-corrected chi connectivity index (χ0v) is 24.5. The summed E-state index contributed by atoms with van der Waals surface area (Å²) in [5.74, 6) is -1.42. The fraction of sp³-hybridized carbons (Fsp3) is 0.385. The third kappa shape index (κ3) is 7.99. The highest BCUT2D eigenvalue weighted by atomic mass is 32.1. The lowest BCUT2D eigenvalue weighted by atomic mass is 10.2. The highest BCUT2D eigenvalue weighted by molar-refractivity contribution is 7.17. The molecule has 0 aliphatic heterocycles. The average molecular weight is 591 g/mol. The van der Waals surface area contributed by atoms with E-state index in [-0.39, 0.29) is 45.5 Å². The molecular weight excluding hydrogens is 560 g/mol. The van der Waals surface area contributed by atoms with Gasteiger partial charge in [-0.15, -0.1) is 0 Å². The predicted molar refractivity (Wildman–Crippen MR) is 150 cm³/mol. The monoisotopic (exact) mass is 590 g/mol. The molecule has 2 aromatic heterocycles. The molecule has 0 aliphatic carbocycles. The molecule has 0 saturated heterocycles. The first-order valence-corrected chi connectivity index (χ1v) is 14.0. The van der Waals surface area contributed by atoms with Gasteiger partial charge in [0.05, 0.1) is 31.7 Å². The molecule has 0 saturated carbocycles. The van der Waals surface area contributed by atoms with Gasteiger partial charge in [-0.1, -0.05) is 22.7 Å². The second kappa shape index (κ2) is 13.8. The maximum absolute atomic E-state index is 13.1. The maximum Gasteiger partial charge on any atom is 0.350 e. The molecule has 0 radical (unpaired) electrons. The summed E-state index contributed by atoms with van der Waals surface area (Å²) in [5, 5.41) is 3.16. The number of benzene rings is 1. The lowest BCUT2D eigenvalue weighted by molar-refractivity contribution is -0.124. The molecule has 12 nitrogen and oxygen atoms in total. The molecule has 40 heavy (non-hydrogen) atoms. The number of hydrogen-bond donors (Lipinski definition) is 1. The van der Waals surface area contributed by atoms with Gasteiger partial charge in [0.1, 0.15) is 21.3 Å². The van der Waals surface area contributed by atoms with E-state index in [0.717, 1.165) is 22.7 Å². The van der Waals surface area contributed by atoms with Crippen molar-refractivity contribution in [1.82, 2.24) is 9.97 Å². The van der Waals surface area contributed by atoms with E-state index < -0.39 is 29.9 Å². The summed E-state index contributed by atoms with van der Waals surface area (Å²) in [7, 11) is 1.52. The molecule has 0 fully saturated rings. The van der Waals surface area contributed by atoms with Crippen molar-refractivity contribution in [3.63, 3.8) is 0 Å². The number of amides is 2. The van der Waals surface area contributed by atoms with Crippen molar-refractivity contribution in [2.45, 2.75) is 46.8 Å². The number of ether oxygens (including phenoxy) is 4. The third-order valence-corrected chi connectivity index (χ3v) is 6.91. The van der Waals surface area contributed by atoms with Crippen LogP contribution in [0.5, 0.6) is 11.5 Å². The summed E-state index contributed by atoms with van der Waals surface area (Å²) in [5.41, 5.74) is 0.188. The number of esters is 2. The molecular formula is C26H30N4O8S2. The predicted octanol–water partition coefficient (Wildman–Crippen LogP) is 4.42. The Bertz CT molecular complexity index is 1370. The van der Waals surface area contributed by atoms with Crippen LogP contribution in [0.1, 0.15) is 64.3 Å². The van der Waals surface area contributed by atoms with Crippen molar-refractivity contribution >= 4 is 56.7 Å². The first-order chi connectivity index (χ1) is 19.0. The zero-order valence-electron chi connectivity index (χ0n) is 22.9. The molecule has 214 valence electrons. The Morgan fingerprint density at radius 2 is 1.45 bits per heavy atom. The van der Waals surface area contributed by atoms with Gasteiger partial charge in [-0.3, -0.25) is 19.8 Å². The van der Waals surface area contributed by atoms with Crippen molar-refractivity contribution in [2.24, 2.45) is 0 Å². The SMILES string of the molecule is CCOC(=O)c1cnc(NC(=O)c2cc(OC(C)C)cc(OC(C)C(=O)N(C)c3ncc(C(=O)OCC)s3)c2)s1. The number of rotatable bonds is 12. The van der Waals surface area contributed by atoms with Crippen molar-refractivity contribution in [3.05, 3.63) is 45.9 Å². The van der Waals surface area contributed by atoms with Crippen LogP contribution >= 0.6 is 22.7 Å². The molecule has 1 atom stereocenters. The van der Waals surface area contributed by atoms with Crippen molar-refractivity contribution in [2.75, 3.05) is 30.5 Å². The fourth-order valence-electron chi connectivity index (χ4n) is 3.25. The minimum atomic E-state index is -0.976. The Morgan fingerprint density at radius 1 is 0.875 bits per heavy atom. The van der Waals surface area contributed by atoms with Crippen molar-refractivity contribution in [1.29, 1.82) is 0 Å². The molecule has 0 spiro atoms. The molecule has 0 aliphatic rings. The van der Waals surface area contributed by atoms with Gasteiger partial charge >= 0.3 is 11.9 Å². The Labute approximate surface area is 239 Å². The summed E-state index contributed by atoms with van der Waals surface area (Å²) in [6, 6.07) is 4.58. The van der Waals surface area contributed by atoms with Crippen LogP contribution in [0, 0.1) is 0 Å². The number of anilines is 2. The van der Waals surface area contributed by atoms with Crippen molar-refractivity contribution < 1.29 is 38.1 Å². The third-order valence-electron chi connectivity index (χ3n) is 4.97. The molecule has 0 bridgehead atoms. The van der Waals surface area contributed by atoms with Gasteiger partial charge in [-0.25, -0.2) is 19.6 Å². The molecule has 2 amide bonds. The summed E-state index contributed by atoms with van der Waals surface area (Å²) in [6.07, 6.45) is 1.51. The standard InChI is InChI=1S/C26H30N4O8S2/c1-7-35-23(33)19-12-27-25(39-19)29-21(31)16-9-17(37-14(3)4)11-18(10-16)38-15(5)22(32)30(6)26-28-13-20(40-26)24(34)36-8-2/h9-15H,7-8H2,1-6H3,(H,27,29,31). The van der Waals surface area contributed by atoms with Crippen LogP contribution in [0.25, 0.3) is 0 Å². The molecule has 3 aromatic rings. The smallest absolute Gasteiger partial charge is 0.350 e. The van der Waals surface area contributed by atoms with E-state index in [1.807, 2.05) is 13.8 Å². The minimum absolute atomic E-state index is 0.188. The Hall–Kier alpha value is -4.04. The fourth-order valence-corrected chi connectivity index (χ4v) is 4.73. The first kappa shape index (κ1) is 30.5. The van der Waals surface area contributed by atoms with Gasteiger partial charge in [0.25, 0.3) is 11.8 Å². The highest BCUT2D eigenvalue weighted by Gasteiger charge is 2.25. The van der Waals surface area contributed by atoms with Gasteiger partial charge in [0.2, 0.25) is 0 Å². The quantitative estimate of drug-likeness (QED) is 0.301. The molecule has 1 aromatic carbocycles. The first-order valence-electron chi connectivity index (χ1n) is 12.4.